The number of aromatic hydroxyl groups is 1. The van der Waals surface area contributed by atoms with Gasteiger partial charge >= 0.3 is 0 Å². The van der Waals surface area contributed by atoms with E-state index >= 15 is 0 Å². The van der Waals surface area contributed by atoms with Crippen LogP contribution in [0.2, 0.25) is 0 Å². The molecule has 0 saturated heterocycles. The van der Waals surface area contributed by atoms with Crippen molar-refractivity contribution in [2.45, 2.75) is 84.3 Å². The van der Waals surface area contributed by atoms with Crippen LogP contribution in [0.25, 0.3) is 0 Å². The number of carbonyl (C=O) groups is 3. The van der Waals surface area contributed by atoms with Crippen LogP contribution in [0.3, 0.4) is 0 Å². The number of hydrogen-bond acceptors (Lipinski definition) is 5. The number of phenolic OH excluding ortho intramolecular Hbond substituents is 1. The van der Waals surface area contributed by atoms with E-state index in [1.165, 1.54) is 36.0 Å². The summed E-state index contributed by atoms with van der Waals surface area (Å²) in [6, 6.07) is 8.02. The van der Waals surface area contributed by atoms with E-state index in [0.29, 0.717) is 17.5 Å². The van der Waals surface area contributed by atoms with Gasteiger partial charge in [-0.25, -0.2) is 4.39 Å². The third-order valence-corrected chi connectivity index (χ3v) is 7.03. The van der Waals surface area contributed by atoms with E-state index in [1.54, 1.807) is 24.3 Å². The number of phenols is 1. The van der Waals surface area contributed by atoms with Gasteiger partial charge < -0.3 is 26.4 Å². The smallest absolute Gasteiger partial charge is 0.245 e. The lowest BCUT2D eigenvalue weighted by Crippen LogP contribution is -2.57. The maximum Gasteiger partial charge on any atom is 0.245 e. The molecule has 5 N–H and O–H groups in total. The van der Waals surface area contributed by atoms with E-state index in [4.69, 9.17) is 11.5 Å². The number of benzene rings is 2. The van der Waals surface area contributed by atoms with E-state index in [0.717, 1.165) is 5.56 Å². The van der Waals surface area contributed by atoms with Gasteiger partial charge in [-0.2, -0.15) is 0 Å². The van der Waals surface area contributed by atoms with Crippen molar-refractivity contribution >= 4 is 17.7 Å². The van der Waals surface area contributed by atoms with Crippen molar-refractivity contribution < 1.29 is 23.9 Å². The number of primary amides is 1. The van der Waals surface area contributed by atoms with Crippen molar-refractivity contribution in [3.8, 4) is 5.75 Å². The summed E-state index contributed by atoms with van der Waals surface area (Å²) >= 11 is 0. The minimum absolute atomic E-state index is 0.144. The number of amides is 3. The highest BCUT2D eigenvalue weighted by Crippen LogP contribution is 2.32. The van der Waals surface area contributed by atoms with Gasteiger partial charge in [0.1, 0.15) is 23.7 Å². The van der Waals surface area contributed by atoms with E-state index in [1.807, 2.05) is 47.6 Å². The van der Waals surface area contributed by atoms with Gasteiger partial charge in [-0.3, -0.25) is 14.4 Å². The van der Waals surface area contributed by atoms with E-state index in [2.05, 4.69) is 0 Å². The Morgan fingerprint density at radius 2 is 1.38 bits per heavy atom. The van der Waals surface area contributed by atoms with Crippen molar-refractivity contribution in [1.29, 1.82) is 0 Å². The summed E-state index contributed by atoms with van der Waals surface area (Å²) in [6.45, 7) is 11.8. The Bertz CT molecular complexity index is 1200. The summed E-state index contributed by atoms with van der Waals surface area (Å²) in [5, 5.41) is 10.3. The molecule has 2 aromatic carbocycles. The van der Waals surface area contributed by atoms with Gasteiger partial charge in [0, 0.05) is 20.5 Å². The average Bonchev–Trinajstić information content (AvgIpc) is 2.84. The molecule has 0 aromatic heterocycles. The zero-order valence-corrected chi connectivity index (χ0v) is 25.0. The first-order valence-corrected chi connectivity index (χ1v) is 13.5. The Morgan fingerprint density at radius 3 is 1.88 bits per heavy atom. The van der Waals surface area contributed by atoms with Crippen molar-refractivity contribution in [2.24, 2.45) is 16.9 Å². The summed E-state index contributed by atoms with van der Waals surface area (Å²) in [7, 11) is 3.04. The second-order valence-electron chi connectivity index (χ2n) is 12.8. The second-order valence-corrected chi connectivity index (χ2v) is 12.8. The zero-order valence-electron chi connectivity index (χ0n) is 25.0. The minimum Gasteiger partial charge on any atom is -0.508 e. The molecule has 220 valence electrons. The lowest BCUT2D eigenvalue weighted by Gasteiger charge is -2.37. The van der Waals surface area contributed by atoms with Gasteiger partial charge in [-0.05, 0) is 58.6 Å². The van der Waals surface area contributed by atoms with Crippen LogP contribution >= 0.6 is 0 Å². The van der Waals surface area contributed by atoms with Crippen LogP contribution in [0.15, 0.2) is 42.5 Å². The highest BCUT2D eigenvalue weighted by atomic mass is 19.1. The molecule has 0 aliphatic carbocycles. The lowest BCUT2D eigenvalue weighted by atomic mass is 9.84. The first-order chi connectivity index (χ1) is 18.3. The van der Waals surface area contributed by atoms with Gasteiger partial charge in [0.2, 0.25) is 17.7 Å². The Hall–Kier alpha value is -3.46. The quantitative estimate of drug-likeness (QED) is 0.412. The summed E-state index contributed by atoms with van der Waals surface area (Å²) in [4.78, 5) is 42.5. The van der Waals surface area contributed by atoms with E-state index in [9.17, 15) is 23.9 Å². The van der Waals surface area contributed by atoms with E-state index in [-0.39, 0.29) is 35.2 Å². The first-order valence-electron chi connectivity index (χ1n) is 13.5. The number of likely N-dealkylation sites (N-methyl/N-ethyl adjacent to an activating group) is 2. The number of carbonyl (C=O) groups excluding carboxylic acids is 3. The highest BCUT2D eigenvalue weighted by Gasteiger charge is 2.37. The summed E-state index contributed by atoms with van der Waals surface area (Å²) in [6.07, 6.45) is 0.641. The highest BCUT2D eigenvalue weighted by molar-refractivity contribution is 5.92. The fraction of sp³-hybridized carbons (Fsp3) is 0.516. The molecule has 0 heterocycles. The standard InChI is InChI=1S/C31H45FN4O4/c1-30(2,3)18-25(36(8)28(39)23(33)16-19-9-12-21(32)13-10-19)29(40)35(7)24(27(34)38)17-20-11-14-26(37)22(15-20)31(4,5)6/h9-15,23-25,37H,16-18,33H2,1-8H3,(H2,34,38)/t23-,24-,25+/m0/s1. The van der Waals surface area contributed by atoms with Crippen LogP contribution in [0.5, 0.6) is 5.75 Å². The predicted molar refractivity (Wildman–Crippen MR) is 155 cm³/mol. The van der Waals surface area contributed by atoms with Crippen molar-refractivity contribution in [1.82, 2.24) is 9.80 Å². The number of halogens is 1. The molecular weight excluding hydrogens is 511 g/mol. The molecule has 0 aliphatic heterocycles. The Morgan fingerprint density at radius 1 is 0.850 bits per heavy atom. The molecule has 2 rings (SSSR count). The van der Waals surface area contributed by atoms with Crippen LogP contribution in [-0.2, 0) is 32.6 Å². The maximum absolute atomic E-state index is 13.9. The summed E-state index contributed by atoms with van der Waals surface area (Å²) in [5.74, 6) is -1.79. The number of nitrogens with two attached hydrogens (primary N) is 2. The van der Waals surface area contributed by atoms with Crippen molar-refractivity contribution in [3.63, 3.8) is 0 Å². The SMILES string of the molecule is CN(C(=O)[C@@H](N)Cc1ccc(F)cc1)[C@H](CC(C)(C)C)C(=O)N(C)[C@@H](Cc1ccc(O)c(C(C)(C)C)c1)C(N)=O. The third kappa shape index (κ3) is 8.78. The number of hydrogen-bond donors (Lipinski definition) is 3. The monoisotopic (exact) mass is 556 g/mol. The predicted octanol–water partition coefficient (Wildman–Crippen LogP) is 3.52. The third-order valence-electron chi connectivity index (χ3n) is 7.03. The normalized spacial score (nSPS) is 14.2. The molecule has 0 spiro atoms. The van der Waals surface area contributed by atoms with Crippen LogP contribution in [-0.4, -0.2) is 64.8 Å². The van der Waals surface area contributed by atoms with Gasteiger partial charge in [0.25, 0.3) is 0 Å². The molecule has 0 radical (unpaired) electrons. The molecule has 2 aromatic rings. The van der Waals surface area contributed by atoms with Crippen LogP contribution < -0.4 is 11.5 Å². The summed E-state index contributed by atoms with van der Waals surface area (Å²) < 4.78 is 13.3. The Balaban J connectivity index is 2.33. The fourth-order valence-corrected chi connectivity index (χ4v) is 4.70. The maximum atomic E-state index is 13.9. The Labute approximate surface area is 237 Å². The van der Waals surface area contributed by atoms with Gasteiger partial charge in [0.05, 0.1) is 6.04 Å². The molecule has 8 nitrogen and oxygen atoms in total. The summed E-state index contributed by atoms with van der Waals surface area (Å²) in [5.41, 5.74) is 13.5. The van der Waals surface area contributed by atoms with E-state index < -0.39 is 35.8 Å². The topological polar surface area (TPSA) is 130 Å². The molecule has 9 heteroatoms. The Kier molecular flexibility index (Phi) is 10.5. The molecule has 0 fully saturated rings. The fourth-order valence-electron chi connectivity index (χ4n) is 4.70. The average molecular weight is 557 g/mol. The second kappa shape index (κ2) is 12.8. The largest absolute Gasteiger partial charge is 0.508 e. The molecule has 3 amide bonds. The van der Waals surface area contributed by atoms with Gasteiger partial charge in [-0.1, -0.05) is 65.8 Å². The zero-order chi connectivity index (χ0) is 30.6. The molecule has 0 unspecified atom stereocenters. The lowest BCUT2D eigenvalue weighted by molar-refractivity contribution is -0.148. The van der Waals surface area contributed by atoms with Crippen molar-refractivity contribution in [3.05, 3.63) is 65.0 Å². The molecular formula is C31H45FN4O4. The minimum atomic E-state index is -0.983. The van der Waals surface area contributed by atoms with Gasteiger partial charge in [-0.15, -0.1) is 0 Å². The number of nitrogens with zero attached hydrogens (tertiary/aromatic N) is 2. The molecule has 3 atom stereocenters. The first kappa shape index (κ1) is 32.8. The molecule has 0 saturated carbocycles. The molecule has 0 aliphatic rings. The van der Waals surface area contributed by atoms with Crippen LogP contribution in [0, 0.1) is 11.2 Å². The van der Waals surface area contributed by atoms with Crippen molar-refractivity contribution in [2.75, 3.05) is 14.1 Å². The molecule has 0 bridgehead atoms. The van der Waals surface area contributed by atoms with Gasteiger partial charge in [0.15, 0.2) is 0 Å². The van der Waals surface area contributed by atoms with Crippen LogP contribution in [0.1, 0.15) is 64.7 Å². The van der Waals surface area contributed by atoms with Crippen LogP contribution in [0.4, 0.5) is 4.39 Å². The molecule has 40 heavy (non-hydrogen) atoms. The number of rotatable bonds is 10.